The van der Waals surface area contributed by atoms with Gasteiger partial charge in [-0.15, -0.1) is 17.5 Å². The average Bonchev–Trinajstić information content (AvgIpc) is 2.90. The highest BCUT2D eigenvalue weighted by Gasteiger charge is 2.19. The quantitative estimate of drug-likeness (QED) is 0.915. The van der Waals surface area contributed by atoms with Gasteiger partial charge in [0.2, 0.25) is 5.91 Å². The van der Waals surface area contributed by atoms with Crippen LogP contribution in [-0.4, -0.2) is 52.0 Å². The lowest BCUT2D eigenvalue weighted by atomic mass is 10.2. The number of amides is 1. The third-order valence-electron chi connectivity index (χ3n) is 3.78. The van der Waals surface area contributed by atoms with Crippen molar-refractivity contribution >= 4 is 18.3 Å². The van der Waals surface area contributed by atoms with E-state index in [1.807, 2.05) is 42.2 Å². The smallest absolute Gasteiger partial charge is 0.228 e. The summed E-state index contributed by atoms with van der Waals surface area (Å²) in [5.74, 6) is 0.125. The van der Waals surface area contributed by atoms with Crippen molar-refractivity contribution in [3.63, 3.8) is 0 Å². The van der Waals surface area contributed by atoms with Crippen LogP contribution >= 0.6 is 12.4 Å². The van der Waals surface area contributed by atoms with E-state index in [-0.39, 0.29) is 18.3 Å². The predicted molar refractivity (Wildman–Crippen MR) is 86.5 cm³/mol. The van der Waals surface area contributed by atoms with E-state index in [1.54, 1.807) is 4.68 Å². The lowest BCUT2D eigenvalue weighted by Crippen LogP contribution is -2.47. The number of para-hydroxylation sites is 1. The molecule has 0 aliphatic carbocycles. The molecular formula is C15H20ClN5O. The summed E-state index contributed by atoms with van der Waals surface area (Å²) in [7, 11) is 0. The van der Waals surface area contributed by atoms with Crippen LogP contribution in [0.2, 0.25) is 0 Å². The number of carbonyl (C=O) groups is 1. The molecule has 2 heterocycles. The molecule has 0 saturated carbocycles. The van der Waals surface area contributed by atoms with Gasteiger partial charge in [0.15, 0.2) is 0 Å². The minimum absolute atomic E-state index is 0. The number of hydrogen-bond donors (Lipinski definition) is 1. The van der Waals surface area contributed by atoms with Crippen LogP contribution in [0.5, 0.6) is 0 Å². The first-order valence-corrected chi connectivity index (χ1v) is 7.21. The second-order valence-corrected chi connectivity index (χ2v) is 5.18. The van der Waals surface area contributed by atoms with E-state index in [1.165, 1.54) is 0 Å². The van der Waals surface area contributed by atoms with Gasteiger partial charge in [-0.1, -0.05) is 23.4 Å². The van der Waals surface area contributed by atoms with Gasteiger partial charge in [-0.3, -0.25) is 4.79 Å². The van der Waals surface area contributed by atoms with E-state index in [4.69, 9.17) is 0 Å². The van der Waals surface area contributed by atoms with Gasteiger partial charge in [0.25, 0.3) is 0 Å². The lowest BCUT2D eigenvalue weighted by Gasteiger charge is -2.27. The van der Waals surface area contributed by atoms with Gasteiger partial charge in [-0.2, -0.15) is 0 Å². The second kappa shape index (κ2) is 7.38. The van der Waals surface area contributed by atoms with Crippen LogP contribution in [0.4, 0.5) is 0 Å². The average molecular weight is 322 g/mol. The molecule has 0 unspecified atom stereocenters. The zero-order chi connectivity index (χ0) is 14.7. The highest BCUT2D eigenvalue weighted by Crippen LogP contribution is 2.13. The van der Waals surface area contributed by atoms with E-state index in [9.17, 15) is 4.79 Å². The summed E-state index contributed by atoms with van der Waals surface area (Å²) in [5.41, 5.74) is 2.63. The summed E-state index contributed by atoms with van der Waals surface area (Å²) < 4.78 is 1.78. The first kappa shape index (κ1) is 16.5. The van der Waals surface area contributed by atoms with Gasteiger partial charge in [0.05, 0.1) is 23.5 Å². The summed E-state index contributed by atoms with van der Waals surface area (Å²) in [6, 6.07) is 9.84. The van der Waals surface area contributed by atoms with Gasteiger partial charge >= 0.3 is 0 Å². The van der Waals surface area contributed by atoms with Crippen LogP contribution in [0.15, 0.2) is 30.3 Å². The predicted octanol–water partition coefficient (Wildman–Crippen LogP) is 0.972. The summed E-state index contributed by atoms with van der Waals surface area (Å²) in [6.45, 7) is 5.21. The van der Waals surface area contributed by atoms with Crippen molar-refractivity contribution in [2.45, 2.75) is 13.3 Å². The van der Waals surface area contributed by atoms with Crippen LogP contribution in [0.25, 0.3) is 5.69 Å². The maximum absolute atomic E-state index is 12.3. The molecule has 1 aromatic heterocycles. The molecule has 0 spiro atoms. The number of nitrogens with zero attached hydrogens (tertiary/aromatic N) is 4. The Bertz CT molecular complexity index is 622. The Balaban J connectivity index is 0.00000176. The van der Waals surface area contributed by atoms with Crippen molar-refractivity contribution in [3.05, 3.63) is 41.7 Å². The molecule has 3 rings (SSSR count). The van der Waals surface area contributed by atoms with Crippen molar-refractivity contribution in [3.8, 4) is 5.69 Å². The number of benzene rings is 1. The first-order valence-electron chi connectivity index (χ1n) is 7.21. The Kier molecular flexibility index (Phi) is 5.51. The van der Waals surface area contributed by atoms with Crippen LogP contribution in [0.1, 0.15) is 11.4 Å². The molecule has 0 bridgehead atoms. The molecule has 1 aliphatic heterocycles. The molecule has 118 valence electrons. The Morgan fingerprint density at radius 3 is 2.59 bits per heavy atom. The van der Waals surface area contributed by atoms with Gasteiger partial charge in [0, 0.05) is 26.2 Å². The largest absolute Gasteiger partial charge is 0.340 e. The Morgan fingerprint density at radius 2 is 1.91 bits per heavy atom. The van der Waals surface area contributed by atoms with Crippen molar-refractivity contribution < 1.29 is 4.79 Å². The maximum atomic E-state index is 12.3. The van der Waals surface area contributed by atoms with Crippen LogP contribution in [0.3, 0.4) is 0 Å². The molecule has 0 radical (unpaired) electrons. The van der Waals surface area contributed by atoms with Crippen molar-refractivity contribution in [1.82, 2.24) is 25.2 Å². The third-order valence-corrected chi connectivity index (χ3v) is 3.78. The molecule has 7 heteroatoms. The highest BCUT2D eigenvalue weighted by molar-refractivity contribution is 5.85. The summed E-state index contributed by atoms with van der Waals surface area (Å²) >= 11 is 0. The zero-order valence-electron chi connectivity index (χ0n) is 12.5. The fraction of sp³-hybridized carbons (Fsp3) is 0.400. The molecule has 1 fully saturated rings. The summed E-state index contributed by atoms with van der Waals surface area (Å²) in [4.78, 5) is 14.2. The molecule has 1 aromatic carbocycles. The van der Waals surface area contributed by atoms with Gasteiger partial charge in [0.1, 0.15) is 0 Å². The number of carbonyl (C=O) groups excluding carboxylic acids is 1. The second-order valence-electron chi connectivity index (χ2n) is 5.18. The van der Waals surface area contributed by atoms with Crippen molar-refractivity contribution in [2.75, 3.05) is 26.2 Å². The summed E-state index contributed by atoms with van der Waals surface area (Å²) in [6.07, 6.45) is 0.318. The molecule has 1 saturated heterocycles. The number of hydrogen-bond acceptors (Lipinski definition) is 4. The van der Waals surface area contributed by atoms with Gasteiger partial charge in [-0.25, -0.2) is 4.68 Å². The SMILES string of the molecule is Cc1c(CC(=O)N2CCNCC2)nnn1-c1ccccc1.Cl. The Labute approximate surface area is 135 Å². The maximum Gasteiger partial charge on any atom is 0.228 e. The Hall–Kier alpha value is -1.92. The monoisotopic (exact) mass is 321 g/mol. The molecule has 2 aromatic rings. The molecule has 0 atom stereocenters. The van der Waals surface area contributed by atoms with Crippen LogP contribution in [0, 0.1) is 6.92 Å². The highest BCUT2D eigenvalue weighted by atomic mass is 35.5. The van der Waals surface area contributed by atoms with Crippen LogP contribution < -0.4 is 5.32 Å². The van der Waals surface area contributed by atoms with E-state index in [0.717, 1.165) is 43.3 Å². The lowest BCUT2D eigenvalue weighted by molar-refractivity contribution is -0.131. The van der Waals surface area contributed by atoms with E-state index in [0.29, 0.717) is 6.42 Å². The molecule has 6 nitrogen and oxygen atoms in total. The normalized spacial score (nSPS) is 14.5. The number of halogens is 1. The van der Waals surface area contributed by atoms with Gasteiger partial charge < -0.3 is 10.2 Å². The molecule has 1 aliphatic rings. The molecular weight excluding hydrogens is 302 g/mol. The van der Waals surface area contributed by atoms with Crippen molar-refractivity contribution in [2.24, 2.45) is 0 Å². The van der Waals surface area contributed by atoms with E-state index < -0.39 is 0 Å². The molecule has 22 heavy (non-hydrogen) atoms. The number of piperazine rings is 1. The first-order chi connectivity index (χ1) is 10.3. The van der Waals surface area contributed by atoms with Crippen LogP contribution in [-0.2, 0) is 11.2 Å². The fourth-order valence-corrected chi connectivity index (χ4v) is 2.51. The summed E-state index contributed by atoms with van der Waals surface area (Å²) in [5, 5.41) is 11.6. The number of nitrogens with one attached hydrogen (secondary N) is 1. The van der Waals surface area contributed by atoms with Gasteiger partial charge in [-0.05, 0) is 19.1 Å². The number of aromatic nitrogens is 3. The standard InChI is InChI=1S/C15H19N5O.ClH/c1-12-14(11-15(21)19-9-7-16-8-10-19)17-18-20(12)13-5-3-2-4-6-13;/h2-6,16H,7-11H2,1H3;1H. The third kappa shape index (κ3) is 3.45. The Morgan fingerprint density at radius 1 is 1.23 bits per heavy atom. The number of rotatable bonds is 3. The fourth-order valence-electron chi connectivity index (χ4n) is 2.51. The molecule has 1 amide bonds. The minimum Gasteiger partial charge on any atom is -0.340 e. The van der Waals surface area contributed by atoms with E-state index >= 15 is 0 Å². The zero-order valence-corrected chi connectivity index (χ0v) is 13.3. The van der Waals surface area contributed by atoms with Crippen molar-refractivity contribution in [1.29, 1.82) is 0 Å². The molecule has 1 N–H and O–H groups in total. The minimum atomic E-state index is 0. The van der Waals surface area contributed by atoms with E-state index in [2.05, 4.69) is 15.6 Å². The topological polar surface area (TPSA) is 63.1 Å².